The van der Waals surface area contributed by atoms with Crippen molar-refractivity contribution in [2.24, 2.45) is 0 Å². The second-order valence-electron chi connectivity index (χ2n) is 2.76. The smallest absolute Gasteiger partial charge is 0.232 e. The van der Waals surface area contributed by atoms with Gasteiger partial charge in [0.15, 0.2) is 0 Å². The van der Waals surface area contributed by atoms with Gasteiger partial charge in [0.1, 0.15) is 10.5 Å². The molecule has 0 radical (unpaired) electrons. The van der Waals surface area contributed by atoms with Gasteiger partial charge in [-0.1, -0.05) is 23.2 Å². The van der Waals surface area contributed by atoms with Gasteiger partial charge in [0.25, 0.3) is 0 Å². The highest BCUT2D eigenvalue weighted by Gasteiger charge is 2.33. The van der Waals surface area contributed by atoms with Crippen molar-refractivity contribution in [1.82, 2.24) is 4.98 Å². The summed E-state index contributed by atoms with van der Waals surface area (Å²) in [6, 6.07) is 2.30. The lowest BCUT2D eigenvalue weighted by Gasteiger charge is -2.05. The lowest BCUT2D eigenvalue weighted by Crippen LogP contribution is -2.07. The van der Waals surface area contributed by atoms with Crippen molar-refractivity contribution >= 4 is 44.8 Å². The molecule has 7 heteroatoms. The van der Waals surface area contributed by atoms with Crippen LogP contribution in [0.4, 0.5) is 13.2 Å². The normalized spacial score (nSPS) is 12.3. The highest BCUT2D eigenvalue weighted by Crippen LogP contribution is 2.37. The lowest BCUT2D eigenvalue weighted by atomic mass is 10.3. The maximum Gasteiger partial charge on any atom is 0.433 e. The van der Waals surface area contributed by atoms with Crippen molar-refractivity contribution in [1.29, 1.82) is 0 Å². The van der Waals surface area contributed by atoms with E-state index in [1.807, 2.05) is 0 Å². The van der Waals surface area contributed by atoms with E-state index in [0.717, 1.165) is 17.4 Å². The van der Waals surface area contributed by atoms with Crippen molar-refractivity contribution in [2.45, 2.75) is 6.18 Å². The molecular formula is C8H2Cl2F3NS. The average Bonchev–Trinajstić information content (AvgIpc) is 2.44. The molecule has 0 aliphatic rings. The summed E-state index contributed by atoms with van der Waals surface area (Å²) < 4.78 is 37.4. The monoisotopic (exact) mass is 271 g/mol. The number of hydrogen-bond donors (Lipinski definition) is 0. The fourth-order valence-corrected chi connectivity index (χ4v) is 2.51. The highest BCUT2D eigenvalue weighted by atomic mass is 35.5. The number of thiophene rings is 1. The van der Waals surface area contributed by atoms with Crippen LogP contribution in [0.5, 0.6) is 0 Å². The van der Waals surface area contributed by atoms with E-state index in [2.05, 4.69) is 4.98 Å². The van der Waals surface area contributed by atoms with E-state index in [1.165, 1.54) is 6.07 Å². The number of hydrogen-bond acceptors (Lipinski definition) is 2. The number of rotatable bonds is 0. The van der Waals surface area contributed by atoms with Crippen molar-refractivity contribution in [3.63, 3.8) is 0 Å². The molecule has 0 amide bonds. The van der Waals surface area contributed by atoms with E-state index in [9.17, 15) is 13.2 Å². The van der Waals surface area contributed by atoms with Gasteiger partial charge in [0.05, 0.1) is 9.36 Å². The molecule has 2 rings (SSSR count). The van der Waals surface area contributed by atoms with E-state index in [0.29, 0.717) is 9.72 Å². The first kappa shape index (κ1) is 11.0. The second kappa shape index (κ2) is 3.50. The summed E-state index contributed by atoms with van der Waals surface area (Å²) in [6.45, 7) is 0. The zero-order chi connectivity index (χ0) is 11.2. The predicted octanol–water partition coefficient (Wildman–Crippen LogP) is 4.62. The third kappa shape index (κ3) is 2.04. The Labute approximate surface area is 96.4 Å². The van der Waals surface area contributed by atoms with Crippen LogP contribution in [0.3, 0.4) is 0 Å². The molecule has 0 unspecified atom stereocenters. The molecule has 0 atom stereocenters. The lowest BCUT2D eigenvalue weighted by molar-refractivity contribution is -0.140. The first-order valence-electron chi connectivity index (χ1n) is 3.71. The van der Waals surface area contributed by atoms with Crippen molar-refractivity contribution in [2.75, 3.05) is 0 Å². The van der Waals surface area contributed by atoms with Crippen LogP contribution < -0.4 is 0 Å². The SMILES string of the molecule is FC(F)(F)c1cc(Cl)c2cc(Cl)sc2n1. The van der Waals surface area contributed by atoms with Crippen LogP contribution in [-0.4, -0.2) is 4.98 Å². The molecule has 0 saturated heterocycles. The van der Waals surface area contributed by atoms with E-state index < -0.39 is 11.9 Å². The van der Waals surface area contributed by atoms with Crippen LogP contribution in [0.2, 0.25) is 9.36 Å². The van der Waals surface area contributed by atoms with Gasteiger partial charge in [-0.2, -0.15) is 13.2 Å². The largest absolute Gasteiger partial charge is 0.433 e. The molecule has 0 fully saturated rings. The molecule has 0 aliphatic heterocycles. The number of alkyl halides is 3. The molecule has 2 aromatic heterocycles. The first-order chi connectivity index (χ1) is 6.88. The number of nitrogens with zero attached hydrogens (tertiary/aromatic N) is 1. The number of aromatic nitrogens is 1. The molecule has 2 aromatic rings. The van der Waals surface area contributed by atoms with Gasteiger partial charge >= 0.3 is 6.18 Å². The summed E-state index contributed by atoms with van der Waals surface area (Å²) in [7, 11) is 0. The molecular weight excluding hydrogens is 270 g/mol. The third-order valence-corrected chi connectivity index (χ3v) is 3.19. The van der Waals surface area contributed by atoms with Gasteiger partial charge in [-0.25, -0.2) is 4.98 Å². The Hall–Kier alpha value is -0.520. The standard InChI is InChI=1S/C8H2Cl2F3NS/c9-4-2-5(8(11,12)13)14-7-3(4)1-6(10)15-7/h1-2H. The zero-order valence-electron chi connectivity index (χ0n) is 6.90. The molecule has 0 aromatic carbocycles. The van der Waals surface area contributed by atoms with Gasteiger partial charge in [0.2, 0.25) is 0 Å². The van der Waals surface area contributed by atoms with Crippen LogP contribution in [0, 0.1) is 0 Å². The summed E-state index contributed by atoms with van der Waals surface area (Å²) in [6.07, 6.45) is -4.49. The van der Waals surface area contributed by atoms with E-state index in [1.54, 1.807) is 0 Å². The summed E-state index contributed by atoms with van der Waals surface area (Å²) in [5.74, 6) is 0. The Balaban J connectivity index is 2.72. The molecule has 2 heterocycles. The van der Waals surface area contributed by atoms with E-state index >= 15 is 0 Å². The zero-order valence-corrected chi connectivity index (χ0v) is 9.23. The van der Waals surface area contributed by atoms with Crippen LogP contribution in [0.15, 0.2) is 12.1 Å². The minimum absolute atomic E-state index is 0.00970. The maximum atomic E-state index is 12.4. The summed E-state index contributed by atoms with van der Waals surface area (Å²) in [5.41, 5.74) is -1.00. The van der Waals surface area contributed by atoms with Crippen molar-refractivity contribution in [3.05, 3.63) is 27.2 Å². The van der Waals surface area contributed by atoms with E-state index in [4.69, 9.17) is 23.2 Å². The second-order valence-corrected chi connectivity index (χ2v) is 4.83. The predicted molar refractivity (Wildman–Crippen MR) is 54.6 cm³/mol. The minimum atomic E-state index is -4.49. The number of halogens is 5. The molecule has 1 nitrogen and oxygen atoms in total. The van der Waals surface area contributed by atoms with Crippen LogP contribution in [0.1, 0.15) is 5.69 Å². The average molecular weight is 272 g/mol. The summed E-state index contributed by atoms with van der Waals surface area (Å²) in [5, 5.41) is 0.454. The van der Waals surface area contributed by atoms with Gasteiger partial charge in [-0.15, -0.1) is 11.3 Å². The molecule has 0 bridgehead atoms. The molecule has 0 aliphatic carbocycles. The van der Waals surface area contributed by atoms with Crippen LogP contribution in [0.25, 0.3) is 10.2 Å². The first-order valence-corrected chi connectivity index (χ1v) is 5.28. The van der Waals surface area contributed by atoms with Crippen LogP contribution in [-0.2, 0) is 6.18 Å². The fraction of sp³-hybridized carbons (Fsp3) is 0.125. The Bertz CT molecular complexity index is 520. The molecule has 0 saturated carbocycles. The molecule has 0 N–H and O–H groups in total. The molecule has 80 valence electrons. The Kier molecular flexibility index (Phi) is 2.56. The quantitative estimate of drug-likeness (QED) is 0.681. The third-order valence-electron chi connectivity index (χ3n) is 1.72. The van der Waals surface area contributed by atoms with Crippen molar-refractivity contribution < 1.29 is 13.2 Å². The van der Waals surface area contributed by atoms with Gasteiger partial charge < -0.3 is 0 Å². The van der Waals surface area contributed by atoms with Gasteiger partial charge in [-0.3, -0.25) is 0 Å². The summed E-state index contributed by atoms with van der Waals surface area (Å²) in [4.78, 5) is 3.65. The van der Waals surface area contributed by atoms with E-state index in [-0.39, 0.29) is 9.85 Å². The topological polar surface area (TPSA) is 12.9 Å². The fourth-order valence-electron chi connectivity index (χ4n) is 1.09. The van der Waals surface area contributed by atoms with Crippen molar-refractivity contribution in [3.8, 4) is 0 Å². The van der Waals surface area contributed by atoms with Crippen LogP contribution >= 0.6 is 34.5 Å². The highest BCUT2D eigenvalue weighted by molar-refractivity contribution is 7.22. The molecule has 0 spiro atoms. The Morgan fingerprint density at radius 1 is 1.20 bits per heavy atom. The van der Waals surface area contributed by atoms with Gasteiger partial charge in [0, 0.05) is 5.39 Å². The summed E-state index contributed by atoms with van der Waals surface area (Å²) >= 11 is 12.3. The van der Waals surface area contributed by atoms with Gasteiger partial charge in [-0.05, 0) is 12.1 Å². The maximum absolute atomic E-state index is 12.4. The minimum Gasteiger partial charge on any atom is -0.232 e. The Morgan fingerprint density at radius 3 is 2.47 bits per heavy atom. The Morgan fingerprint density at radius 2 is 1.87 bits per heavy atom. The number of fused-ring (bicyclic) bond motifs is 1. The molecule has 15 heavy (non-hydrogen) atoms. The number of pyridine rings is 1.